The van der Waals surface area contributed by atoms with E-state index in [1.54, 1.807) is 31.2 Å². The van der Waals surface area contributed by atoms with Crippen molar-refractivity contribution in [3.63, 3.8) is 0 Å². The van der Waals surface area contributed by atoms with E-state index in [4.69, 9.17) is 4.74 Å². The van der Waals surface area contributed by atoms with Gasteiger partial charge in [-0.2, -0.15) is 0 Å². The lowest BCUT2D eigenvalue weighted by molar-refractivity contribution is 0.112. The molecule has 0 atom stereocenters. The molecule has 2 rings (SSSR count). The van der Waals surface area contributed by atoms with Crippen LogP contribution in [0, 0.1) is 6.92 Å². The Kier molecular flexibility index (Phi) is 3.85. The number of hydrogen-bond acceptors (Lipinski definition) is 5. The molecule has 0 aliphatic heterocycles. The van der Waals surface area contributed by atoms with Crippen LogP contribution in [0.3, 0.4) is 0 Å². The molecular weight excluding hydrogens is 278 g/mol. The maximum absolute atomic E-state index is 11.3. The molecule has 0 unspecified atom stereocenters. The Morgan fingerprint density at radius 1 is 1.10 bits per heavy atom. The third kappa shape index (κ3) is 3.21. The lowest BCUT2D eigenvalue weighted by Crippen LogP contribution is -1.97. The molecule has 0 bridgehead atoms. The molecule has 0 aliphatic rings. The number of aldehydes is 1. The van der Waals surface area contributed by atoms with Gasteiger partial charge in [-0.25, -0.2) is 13.4 Å². The Balaban J connectivity index is 2.22. The first kappa shape index (κ1) is 14.2. The predicted molar refractivity (Wildman–Crippen MR) is 74.0 cm³/mol. The van der Waals surface area contributed by atoms with Gasteiger partial charge >= 0.3 is 0 Å². The average Bonchev–Trinajstić information content (AvgIpc) is 2.38. The number of ether oxygens (including phenoxy) is 1. The minimum absolute atomic E-state index is 0.227. The zero-order valence-corrected chi connectivity index (χ0v) is 11.8. The maximum Gasteiger partial charge on any atom is 0.219 e. The molecular formula is C14H13NO4S. The first-order valence-electron chi connectivity index (χ1n) is 5.81. The summed E-state index contributed by atoms with van der Waals surface area (Å²) in [4.78, 5) is 15.1. The van der Waals surface area contributed by atoms with Gasteiger partial charge in [0.15, 0.2) is 16.1 Å². The highest BCUT2D eigenvalue weighted by molar-refractivity contribution is 7.90. The van der Waals surface area contributed by atoms with Crippen LogP contribution in [0.2, 0.25) is 0 Å². The summed E-state index contributed by atoms with van der Waals surface area (Å²) in [6.07, 6.45) is 1.87. The van der Waals surface area contributed by atoms with Gasteiger partial charge in [0.05, 0.1) is 10.6 Å². The number of aromatic nitrogens is 1. The highest BCUT2D eigenvalue weighted by Gasteiger charge is 2.07. The van der Waals surface area contributed by atoms with E-state index in [0.29, 0.717) is 22.9 Å². The summed E-state index contributed by atoms with van der Waals surface area (Å²) in [5.41, 5.74) is 1.08. The molecule has 0 aliphatic carbocycles. The van der Waals surface area contributed by atoms with E-state index in [1.807, 2.05) is 0 Å². The fourth-order valence-electron chi connectivity index (χ4n) is 1.61. The highest BCUT2D eigenvalue weighted by atomic mass is 32.2. The monoisotopic (exact) mass is 291 g/mol. The number of benzene rings is 1. The molecule has 0 saturated carbocycles. The van der Waals surface area contributed by atoms with Crippen LogP contribution in [0.5, 0.6) is 11.6 Å². The first-order valence-corrected chi connectivity index (χ1v) is 7.70. The topological polar surface area (TPSA) is 73.3 Å². The second-order valence-corrected chi connectivity index (χ2v) is 6.30. The van der Waals surface area contributed by atoms with Crippen molar-refractivity contribution in [3.8, 4) is 11.6 Å². The van der Waals surface area contributed by atoms with Gasteiger partial charge in [0.25, 0.3) is 0 Å². The van der Waals surface area contributed by atoms with Crippen molar-refractivity contribution in [2.45, 2.75) is 11.8 Å². The molecule has 2 aromatic rings. The molecule has 0 saturated heterocycles. The van der Waals surface area contributed by atoms with Crippen LogP contribution < -0.4 is 4.74 Å². The third-order valence-corrected chi connectivity index (χ3v) is 3.83. The van der Waals surface area contributed by atoms with E-state index in [-0.39, 0.29) is 4.90 Å². The van der Waals surface area contributed by atoms with Crippen molar-refractivity contribution in [2.75, 3.05) is 6.26 Å². The van der Waals surface area contributed by atoms with Crippen LogP contribution in [0.25, 0.3) is 0 Å². The molecule has 0 fully saturated rings. The summed E-state index contributed by atoms with van der Waals surface area (Å²) < 4.78 is 28.2. The van der Waals surface area contributed by atoms with E-state index in [2.05, 4.69) is 4.98 Å². The summed E-state index contributed by atoms with van der Waals surface area (Å²) in [6, 6.07) is 9.26. The largest absolute Gasteiger partial charge is 0.439 e. The Morgan fingerprint density at radius 3 is 2.25 bits per heavy atom. The zero-order chi connectivity index (χ0) is 14.8. The van der Waals surface area contributed by atoms with Crippen LogP contribution in [0.1, 0.15) is 16.1 Å². The smallest absolute Gasteiger partial charge is 0.219 e. The van der Waals surface area contributed by atoms with E-state index in [1.165, 1.54) is 12.1 Å². The summed E-state index contributed by atoms with van der Waals surface area (Å²) in [7, 11) is -3.22. The maximum atomic E-state index is 11.3. The summed E-state index contributed by atoms with van der Waals surface area (Å²) in [6.45, 7) is 1.71. The standard InChI is InChI=1S/C14H13NO4S/c1-10-11(9-16)3-8-14(15-10)19-12-4-6-13(7-5-12)20(2,17)18/h3-9H,1-2H3. The van der Waals surface area contributed by atoms with Gasteiger partial charge in [-0.3, -0.25) is 4.79 Å². The molecule has 1 heterocycles. The zero-order valence-electron chi connectivity index (χ0n) is 11.0. The van der Waals surface area contributed by atoms with E-state index >= 15 is 0 Å². The quantitative estimate of drug-likeness (QED) is 0.809. The van der Waals surface area contributed by atoms with E-state index in [9.17, 15) is 13.2 Å². The van der Waals surface area contributed by atoms with Crippen molar-refractivity contribution in [1.29, 1.82) is 0 Å². The molecule has 1 aromatic heterocycles. The fraction of sp³-hybridized carbons (Fsp3) is 0.143. The molecule has 0 amide bonds. The molecule has 0 spiro atoms. The number of hydrogen-bond donors (Lipinski definition) is 0. The summed E-state index contributed by atoms with van der Waals surface area (Å²) in [5, 5.41) is 0. The SMILES string of the molecule is Cc1nc(Oc2ccc(S(C)(=O)=O)cc2)ccc1C=O. The van der Waals surface area contributed by atoms with Crippen LogP contribution in [0.15, 0.2) is 41.3 Å². The third-order valence-electron chi connectivity index (χ3n) is 2.70. The van der Waals surface area contributed by atoms with Gasteiger partial charge in [0.2, 0.25) is 5.88 Å². The van der Waals surface area contributed by atoms with Crippen LogP contribution in [0.4, 0.5) is 0 Å². The molecule has 6 heteroatoms. The number of pyridine rings is 1. The van der Waals surface area contributed by atoms with Crippen molar-refractivity contribution < 1.29 is 17.9 Å². The Morgan fingerprint density at radius 2 is 1.75 bits per heavy atom. The summed E-state index contributed by atoms with van der Waals surface area (Å²) >= 11 is 0. The van der Waals surface area contributed by atoms with Gasteiger partial charge in [-0.1, -0.05) is 0 Å². The number of sulfone groups is 1. The average molecular weight is 291 g/mol. The van der Waals surface area contributed by atoms with Crippen LogP contribution >= 0.6 is 0 Å². The highest BCUT2D eigenvalue weighted by Crippen LogP contribution is 2.22. The van der Waals surface area contributed by atoms with Crippen molar-refractivity contribution in [2.24, 2.45) is 0 Å². The van der Waals surface area contributed by atoms with Crippen molar-refractivity contribution in [1.82, 2.24) is 4.98 Å². The fourth-order valence-corrected chi connectivity index (χ4v) is 2.24. The second kappa shape index (κ2) is 5.42. The van der Waals surface area contributed by atoms with Gasteiger partial charge < -0.3 is 4.74 Å². The van der Waals surface area contributed by atoms with E-state index < -0.39 is 9.84 Å². The summed E-state index contributed by atoms with van der Waals surface area (Å²) in [5.74, 6) is 0.823. The lowest BCUT2D eigenvalue weighted by Gasteiger charge is -2.07. The molecule has 0 N–H and O–H groups in total. The van der Waals surface area contributed by atoms with E-state index in [0.717, 1.165) is 12.5 Å². The van der Waals surface area contributed by atoms with Crippen molar-refractivity contribution in [3.05, 3.63) is 47.7 Å². The molecule has 5 nitrogen and oxygen atoms in total. The number of nitrogens with zero attached hydrogens (tertiary/aromatic N) is 1. The van der Waals surface area contributed by atoms with Crippen LogP contribution in [-0.2, 0) is 9.84 Å². The Bertz CT molecular complexity index is 736. The van der Waals surface area contributed by atoms with Crippen molar-refractivity contribution >= 4 is 16.1 Å². The van der Waals surface area contributed by atoms with Gasteiger partial charge in [0.1, 0.15) is 5.75 Å². The predicted octanol–water partition coefficient (Wildman–Crippen LogP) is 2.40. The number of carbonyl (C=O) groups excluding carboxylic acids is 1. The molecule has 104 valence electrons. The Labute approximate surface area is 117 Å². The lowest BCUT2D eigenvalue weighted by atomic mass is 10.2. The first-order chi connectivity index (χ1) is 9.40. The minimum Gasteiger partial charge on any atom is -0.439 e. The molecule has 0 radical (unpaired) electrons. The number of carbonyl (C=O) groups is 1. The molecule has 20 heavy (non-hydrogen) atoms. The minimum atomic E-state index is -3.22. The number of rotatable bonds is 4. The van der Waals surface area contributed by atoms with Gasteiger partial charge in [-0.15, -0.1) is 0 Å². The number of aryl methyl sites for hydroxylation is 1. The Hall–Kier alpha value is -2.21. The van der Waals surface area contributed by atoms with Crippen LogP contribution in [-0.4, -0.2) is 25.9 Å². The normalized spacial score (nSPS) is 11.1. The second-order valence-electron chi connectivity index (χ2n) is 4.29. The molecule has 1 aromatic carbocycles. The van der Waals surface area contributed by atoms with Gasteiger partial charge in [0, 0.05) is 17.9 Å². The van der Waals surface area contributed by atoms with Gasteiger partial charge in [-0.05, 0) is 37.3 Å².